The van der Waals surface area contributed by atoms with E-state index in [0.29, 0.717) is 24.8 Å². The van der Waals surface area contributed by atoms with Crippen molar-refractivity contribution in [3.05, 3.63) is 11.6 Å². The van der Waals surface area contributed by atoms with E-state index in [4.69, 9.17) is 18.9 Å². The monoisotopic (exact) mass is 622 g/mol. The first-order chi connectivity index (χ1) is 20.6. The van der Waals surface area contributed by atoms with Crippen LogP contribution in [-0.4, -0.2) is 70.7 Å². The largest absolute Gasteiger partial charge is 0.462 e. The van der Waals surface area contributed by atoms with Crippen LogP contribution >= 0.6 is 0 Å². The molecule has 250 valence electrons. The van der Waals surface area contributed by atoms with E-state index in [0.717, 1.165) is 0 Å². The molecule has 3 rings (SSSR count). The molecular weight excluding hydrogens is 568 g/mol. The van der Waals surface area contributed by atoms with Gasteiger partial charge in [0.1, 0.15) is 30.5 Å². The normalized spacial score (nSPS) is 38.1. The van der Waals surface area contributed by atoms with Gasteiger partial charge >= 0.3 is 23.9 Å². The van der Waals surface area contributed by atoms with Gasteiger partial charge in [-0.25, -0.2) is 0 Å². The Labute approximate surface area is 262 Å². The Morgan fingerprint density at radius 3 is 1.91 bits per heavy atom. The highest BCUT2D eigenvalue weighted by Gasteiger charge is 2.72. The minimum absolute atomic E-state index is 0.0718. The molecule has 2 saturated carbocycles. The lowest BCUT2D eigenvalue weighted by Gasteiger charge is -2.58. The van der Waals surface area contributed by atoms with Crippen LogP contribution in [0.4, 0.5) is 0 Å². The van der Waals surface area contributed by atoms with Crippen molar-refractivity contribution in [1.82, 2.24) is 0 Å². The second-order valence-corrected chi connectivity index (χ2v) is 13.9. The zero-order chi connectivity index (χ0) is 33.1. The van der Waals surface area contributed by atoms with Gasteiger partial charge in [-0.3, -0.25) is 19.2 Å². The molecule has 11 unspecified atom stereocenters. The van der Waals surface area contributed by atoms with E-state index in [1.807, 2.05) is 54.5 Å². The van der Waals surface area contributed by atoms with Crippen molar-refractivity contribution in [1.29, 1.82) is 0 Å². The number of rotatable bonds is 11. The summed E-state index contributed by atoms with van der Waals surface area (Å²) in [5, 5.41) is 24.0. The third kappa shape index (κ3) is 6.71. The van der Waals surface area contributed by atoms with Crippen LogP contribution < -0.4 is 0 Å². The summed E-state index contributed by atoms with van der Waals surface area (Å²) in [6.45, 7) is 16.5. The highest BCUT2D eigenvalue weighted by Crippen LogP contribution is 2.67. The van der Waals surface area contributed by atoms with Crippen LogP contribution in [0.1, 0.15) is 107 Å². The van der Waals surface area contributed by atoms with E-state index in [-0.39, 0.29) is 37.5 Å². The summed E-state index contributed by atoms with van der Waals surface area (Å²) in [6.07, 6.45) is -2.15. The number of aliphatic hydroxyl groups is 2. The van der Waals surface area contributed by atoms with Crippen LogP contribution in [0.25, 0.3) is 0 Å². The van der Waals surface area contributed by atoms with Gasteiger partial charge in [-0.2, -0.15) is 0 Å². The minimum Gasteiger partial charge on any atom is -0.462 e. The number of ether oxygens (including phenoxy) is 4. The molecule has 0 aromatic rings. The number of esters is 4. The maximum atomic E-state index is 13.1. The van der Waals surface area contributed by atoms with Gasteiger partial charge in [-0.15, -0.1) is 0 Å². The first-order valence-corrected chi connectivity index (χ1v) is 16.4. The Hall–Kier alpha value is -2.46. The molecule has 10 heteroatoms. The molecule has 2 N–H and O–H groups in total. The Morgan fingerprint density at radius 1 is 0.886 bits per heavy atom. The zero-order valence-corrected chi connectivity index (χ0v) is 28.0. The molecule has 0 aromatic carbocycles. The Balaban J connectivity index is 2.31. The fourth-order valence-electron chi connectivity index (χ4n) is 8.27. The molecule has 44 heavy (non-hydrogen) atoms. The highest BCUT2D eigenvalue weighted by atomic mass is 16.6. The lowest BCUT2D eigenvalue weighted by atomic mass is 9.49. The second-order valence-electron chi connectivity index (χ2n) is 13.9. The van der Waals surface area contributed by atoms with Crippen LogP contribution in [-0.2, 0) is 38.1 Å². The summed E-state index contributed by atoms with van der Waals surface area (Å²) in [5.74, 6) is -3.23. The molecule has 2 fully saturated rings. The van der Waals surface area contributed by atoms with Crippen molar-refractivity contribution in [2.24, 2.45) is 34.5 Å². The lowest BCUT2D eigenvalue weighted by molar-refractivity contribution is -0.220. The maximum absolute atomic E-state index is 13.1. The third-order valence-electron chi connectivity index (χ3n) is 10.3. The van der Waals surface area contributed by atoms with Crippen molar-refractivity contribution in [3.8, 4) is 0 Å². The standard InChI is InChI=1S/C34H54O10/c1-10-13-23(36)42-22-17-33(8)21(16-19(6)29(41-20(7)35)28(39)32(33)44-25(38)15-12-3)27-26(18(4)5)30(31(40)34(22,27)9)43-24(37)14-11-2/h16,18,21-22,26-32,39-40H,10-15,17H2,1-9H3. The van der Waals surface area contributed by atoms with E-state index < -0.39 is 83.2 Å². The van der Waals surface area contributed by atoms with E-state index in [2.05, 4.69) is 0 Å². The van der Waals surface area contributed by atoms with Gasteiger partial charge in [0.2, 0.25) is 0 Å². The predicted octanol–water partition coefficient (Wildman–Crippen LogP) is 4.67. The fourth-order valence-corrected chi connectivity index (χ4v) is 8.27. The first kappa shape index (κ1) is 36.0. The minimum atomic E-state index is -1.40. The summed E-state index contributed by atoms with van der Waals surface area (Å²) < 4.78 is 23.9. The van der Waals surface area contributed by atoms with E-state index >= 15 is 0 Å². The maximum Gasteiger partial charge on any atom is 0.306 e. The molecular formula is C34H54O10. The van der Waals surface area contributed by atoms with Crippen molar-refractivity contribution in [2.75, 3.05) is 0 Å². The molecule has 0 spiro atoms. The number of carbonyl (C=O) groups is 4. The third-order valence-corrected chi connectivity index (χ3v) is 10.3. The van der Waals surface area contributed by atoms with E-state index in [1.165, 1.54) is 6.92 Å². The number of hydrogen-bond acceptors (Lipinski definition) is 10. The molecule has 11 atom stereocenters. The molecule has 10 nitrogen and oxygen atoms in total. The van der Waals surface area contributed by atoms with Crippen LogP contribution in [0.5, 0.6) is 0 Å². The van der Waals surface area contributed by atoms with Gasteiger partial charge in [-0.05, 0) is 55.9 Å². The highest BCUT2D eigenvalue weighted by molar-refractivity contribution is 5.71. The SMILES string of the molecule is CCCC(=O)OC1C(C(C)C)C2C3C=C(C)C(OC(C)=O)C(O)C(OC(=O)CCC)C3(C)CC(OC(=O)CCC)C2(C)C1O. The van der Waals surface area contributed by atoms with Crippen LogP contribution in [0.3, 0.4) is 0 Å². The summed E-state index contributed by atoms with van der Waals surface area (Å²) in [4.78, 5) is 51.2. The Morgan fingerprint density at radius 2 is 1.41 bits per heavy atom. The van der Waals surface area contributed by atoms with Crippen LogP contribution in [0, 0.1) is 34.5 Å². The fraction of sp³-hybridized carbons (Fsp3) is 0.824. The molecule has 3 aliphatic carbocycles. The summed E-state index contributed by atoms with van der Waals surface area (Å²) >= 11 is 0. The average molecular weight is 623 g/mol. The van der Waals surface area contributed by atoms with Gasteiger partial charge in [0, 0.05) is 42.9 Å². The lowest BCUT2D eigenvalue weighted by Crippen LogP contribution is -2.63. The zero-order valence-electron chi connectivity index (χ0n) is 28.0. The molecule has 0 aliphatic heterocycles. The molecule has 0 heterocycles. The van der Waals surface area contributed by atoms with Crippen LogP contribution in [0.15, 0.2) is 11.6 Å². The van der Waals surface area contributed by atoms with E-state index in [1.54, 1.807) is 6.92 Å². The van der Waals surface area contributed by atoms with Crippen molar-refractivity contribution < 1.29 is 48.3 Å². The van der Waals surface area contributed by atoms with Crippen molar-refractivity contribution in [3.63, 3.8) is 0 Å². The number of hydrogen-bond donors (Lipinski definition) is 2. The molecule has 0 saturated heterocycles. The second kappa shape index (κ2) is 14.3. The number of fused-ring (bicyclic) bond motifs is 3. The number of carbonyl (C=O) groups excluding carboxylic acids is 4. The quantitative estimate of drug-likeness (QED) is 0.189. The van der Waals surface area contributed by atoms with Crippen molar-refractivity contribution >= 4 is 23.9 Å². The van der Waals surface area contributed by atoms with Gasteiger partial charge in [0.05, 0.1) is 0 Å². The van der Waals surface area contributed by atoms with Crippen molar-refractivity contribution in [2.45, 2.75) is 144 Å². The Bertz CT molecular complexity index is 1100. The Kier molecular flexibility index (Phi) is 11.7. The molecule has 0 bridgehead atoms. The summed E-state index contributed by atoms with van der Waals surface area (Å²) in [7, 11) is 0. The molecule has 3 aliphatic rings. The number of allylic oxidation sites excluding steroid dienone is 1. The smallest absolute Gasteiger partial charge is 0.306 e. The summed E-state index contributed by atoms with van der Waals surface area (Å²) in [6, 6.07) is 0. The molecule has 0 aromatic heterocycles. The molecule has 0 radical (unpaired) electrons. The van der Waals surface area contributed by atoms with Crippen LogP contribution in [0.2, 0.25) is 0 Å². The van der Waals surface area contributed by atoms with E-state index in [9.17, 15) is 29.4 Å². The summed E-state index contributed by atoms with van der Waals surface area (Å²) in [5.41, 5.74) is -1.49. The van der Waals surface area contributed by atoms with Gasteiger partial charge in [-0.1, -0.05) is 54.5 Å². The van der Waals surface area contributed by atoms with Gasteiger partial charge in [0.15, 0.2) is 6.10 Å². The first-order valence-electron chi connectivity index (χ1n) is 16.4. The number of aliphatic hydroxyl groups excluding tert-OH is 2. The average Bonchev–Trinajstić information content (AvgIpc) is 3.11. The molecule has 0 amide bonds. The van der Waals surface area contributed by atoms with Gasteiger partial charge in [0.25, 0.3) is 0 Å². The topological polar surface area (TPSA) is 146 Å². The van der Waals surface area contributed by atoms with Gasteiger partial charge < -0.3 is 29.2 Å². The predicted molar refractivity (Wildman–Crippen MR) is 162 cm³/mol.